The first-order valence-electron chi connectivity index (χ1n) is 9.69. The molecule has 1 aliphatic carbocycles. The molecule has 3 heterocycles. The summed E-state index contributed by atoms with van der Waals surface area (Å²) in [7, 11) is 0. The van der Waals surface area contributed by atoms with Crippen LogP contribution in [0.2, 0.25) is 5.02 Å². The Bertz CT molecular complexity index is 1220. The molecule has 7 nitrogen and oxygen atoms in total. The van der Waals surface area contributed by atoms with Crippen LogP contribution in [0.4, 0.5) is 5.82 Å². The van der Waals surface area contributed by atoms with Gasteiger partial charge in [0, 0.05) is 23.2 Å². The lowest BCUT2D eigenvalue weighted by Crippen LogP contribution is -2.33. The lowest BCUT2D eigenvalue weighted by atomic mass is 10.0. The normalized spacial score (nSPS) is 15.1. The summed E-state index contributed by atoms with van der Waals surface area (Å²) >= 11 is 6.50. The third-order valence-electron chi connectivity index (χ3n) is 5.58. The number of hydrogen-bond acceptors (Lipinski definition) is 6. The number of anilines is 1. The third kappa shape index (κ3) is 3.24. The van der Waals surface area contributed by atoms with Gasteiger partial charge in [-0.3, -0.25) is 9.78 Å². The fourth-order valence-electron chi connectivity index (χ4n) is 3.82. The summed E-state index contributed by atoms with van der Waals surface area (Å²) in [6.45, 7) is 1.23. The van der Waals surface area contributed by atoms with Crippen LogP contribution in [-0.2, 0) is 24.5 Å². The Morgan fingerprint density at radius 3 is 2.80 bits per heavy atom. The van der Waals surface area contributed by atoms with Gasteiger partial charge in [0.15, 0.2) is 0 Å². The maximum Gasteiger partial charge on any atom is 0.255 e. The van der Waals surface area contributed by atoms with Crippen molar-refractivity contribution < 1.29 is 9.53 Å². The summed E-state index contributed by atoms with van der Waals surface area (Å²) < 4.78 is 5.55. The van der Waals surface area contributed by atoms with Crippen LogP contribution in [0.5, 0.6) is 0 Å². The Morgan fingerprint density at radius 1 is 1.30 bits per heavy atom. The van der Waals surface area contributed by atoms with E-state index in [4.69, 9.17) is 27.3 Å². The maximum absolute atomic E-state index is 13.5. The highest BCUT2D eigenvalue weighted by molar-refractivity contribution is 6.34. The minimum Gasteiger partial charge on any atom is -0.383 e. The number of carbonyl (C=O) groups is 1. The first-order valence-corrected chi connectivity index (χ1v) is 10.1. The number of rotatable bonds is 4. The number of pyridine rings is 2. The zero-order chi connectivity index (χ0) is 20.8. The lowest BCUT2D eigenvalue weighted by Gasteiger charge is -2.23. The minimum absolute atomic E-state index is 0.139. The van der Waals surface area contributed by atoms with E-state index in [0.29, 0.717) is 47.2 Å². The molecule has 1 fully saturated rings. The largest absolute Gasteiger partial charge is 0.383 e. The van der Waals surface area contributed by atoms with Crippen LogP contribution in [0.1, 0.15) is 45.6 Å². The minimum atomic E-state index is -0.139. The van der Waals surface area contributed by atoms with Crippen molar-refractivity contribution in [1.29, 1.82) is 5.26 Å². The Kier molecular flexibility index (Phi) is 4.54. The van der Waals surface area contributed by atoms with Gasteiger partial charge in [0.1, 0.15) is 11.9 Å². The van der Waals surface area contributed by atoms with Crippen LogP contribution >= 0.6 is 11.6 Å². The Morgan fingerprint density at radius 2 is 2.10 bits per heavy atom. The Hall–Kier alpha value is -3.21. The summed E-state index contributed by atoms with van der Waals surface area (Å²) in [4.78, 5) is 24.0. The Balaban J connectivity index is 1.52. The average Bonchev–Trinajstić information content (AvgIpc) is 3.46. The molecule has 2 aliphatic rings. The first kappa shape index (κ1) is 18.8. The van der Waals surface area contributed by atoms with Crippen molar-refractivity contribution >= 4 is 34.2 Å². The van der Waals surface area contributed by atoms with Crippen molar-refractivity contribution in [2.45, 2.75) is 38.6 Å². The van der Waals surface area contributed by atoms with Gasteiger partial charge in [0.2, 0.25) is 0 Å². The van der Waals surface area contributed by atoms with E-state index in [-0.39, 0.29) is 11.9 Å². The lowest BCUT2D eigenvalue weighted by molar-refractivity contribution is 0.0728. The molecule has 0 spiro atoms. The average molecular weight is 420 g/mol. The molecule has 0 unspecified atom stereocenters. The van der Waals surface area contributed by atoms with Crippen LogP contribution in [-0.4, -0.2) is 26.8 Å². The number of hydrogen-bond donors (Lipinski definition) is 1. The molecule has 5 rings (SSSR count). The first-order chi connectivity index (χ1) is 14.5. The van der Waals surface area contributed by atoms with Crippen LogP contribution < -0.4 is 5.73 Å². The number of nitrogens with zero attached hydrogens (tertiary/aromatic N) is 4. The summed E-state index contributed by atoms with van der Waals surface area (Å²) in [6, 6.07) is 9.21. The molecule has 1 amide bonds. The second-order valence-electron chi connectivity index (χ2n) is 7.61. The van der Waals surface area contributed by atoms with Gasteiger partial charge in [-0.1, -0.05) is 11.6 Å². The van der Waals surface area contributed by atoms with E-state index in [1.807, 2.05) is 11.0 Å². The number of ether oxygens (including phenoxy) is 1. The second kappa shape index (κ2) is 7.24. The van der Waals surface area contributed by atoms with Crippen molar-refractivity contribution in [1.82, 2.24) is 14.9 Å². The number of fused-ring (bicyclic) bond motifs is 3. The summed E-state index contributed by atoms with van der Waals surface area (Å²) in [5, 5.41) is 10.1. The van der Waals surface area contributed by atoms with E-state index >= 15 is 0 Å². The second-order valence-corrected chi connectivity index (χ2v) is 8.02. The van der Waals surface area contributed by atoms with Gasteiger partial charge in [0.05, 0.1) is 47.1 Å². The number of halogens is 1. The van der Waals surface area contributed by atoms with Crippen LogP contribution in [0.15, 0.2) is 30.5 Å². The molecule has 3 aromatic rings. The quantitative estimate of drug-likeness (QED) is 0.693. The number of nitrogen functional groups attached to an aromatic ring is 1. The Labute approximate surface area is 178 Å². The molecule has 0 atom stereocenters. The number of aromatic nitrogens is 2. The molecule has 0 radical (unpaired) electrons. The van der Waals surface area contributed by atoms with Crippen molar-refractivity contribution in [3.8, 4) is 6.07 Å². The van der Waals surface area contributed by atoms with Gasteiger partial charge in [0.25, 0.3) is 5.91 Å². The molecular weight excluding hydrogens is 402 g/mol. The van der Waals surface area contributed by atoms with Crippen LogP contribution in [0, 0.1) is 11.3 Å². The molecule has 2 N–H and O–H groups in total. The molecule has 2 aromatic heterocycles. The van der Waals surface area contributed by atoms with Gasteiger partial charge in [-0.2, -0.15) is 5.26 Å². The van der Waals surface area contributed by atoms with Crippen molar-refractivity contribution in [3.63, 3.8) is 0 Å². The predicted octanol–water partition coefficient (Wildman–Crippen LogP) is 3.57. The van der Waals surface area contributed by atoms with Gasteiger partial charge in [-0.25, -0.2) is 4.98 Å². The zero-order valence-electron chi connectivity index (χ0n) is 16.1. The van der Waals surface area contributed by atoms with Gasteiger partial charge < -0.3 is 15.4 Å². The molecule has 1 aromatic carbocycles. The van der Waals surface area contributed by atoms with Crippen molar-refractivity contribution in [3.05, 3.63) is 63.4 Å². The van der Waals surface area contributed by atoms with Crippen molar-refractivity contribution in [2.24, 2.45) is 0 Å². The number of carbonyl (C=O) groups excluding carboxylic acids is 1. The highest BCUT2D eigenvalue weighted by Gasteiger charge is 2.34. The molecule has 8 heteroatoms. The van der Waals surface area contributed by atoms with Crippen LogP contribution in [0.3, 0.4) is 0 Å². The standard InChI is InChI=1S/C22H18ClN5O2/c23-19-6-20-15(17-10-30-11-18(17)21(25)27-20)5-16(19)22(29)28(14-3-4-14)9-13-2-1-12(7-24)8-26-13/h1-2,5-6,8,14H,3-4,9-11H2,(H2,25,27). The molecular formula is C22H18ClN5O2. The number of nitriles is 1. The van der Waals surface area contributed by atoms with Gasteiger partial charge in [-0.15, -0.1) is 0 Å². The molecule has 150 valence electrons. The van der Waals surface area contributed by atoms with Crippen LogP contribution in [0.25, 0.3) is 10.9 Å². The molecule has 1 aliphatic heterocycles. The molecule has 0 saturated heterocycles. The number of amides is 1. The third-order valence-corrected chi connectivity index (χ3v) is 5.90. The van der Waals surface area contributed by atoms with Gasteiger partial charge >= 0.3 is 0 Å². The van der Waals surface area contributed by atoms with E-state index in [1.54, 1.807) is 18.2 Å². The van der Waals surface area contributed by atoms with Gasteiger partial charge in [-0.05, 0) is 42.7 Å². The van der Waals surface area contributed by atoms with E-state index in [2.05, 4.69) is 16.0 Å². The fourth-order valence-corrected chi connectivity index (χ4v) is 4.06. The topological polar surface area (TPSA) is 105 Å². The number of nitrogens with two attached hydrogens (primary N) is 1. The summed E-state index contributed by atoms with van der Waals surface area (Å²) in [5.74, 6) is 0.302. The maximum atomic E-state index is 13.5. The summed E-state index contributed by atoms with van der Waals surface area (Å²) in [6.07, 6.45) is 3.43. The SMILES string of the molecule is N#Cc1ccc(CN(C(=O)c2cc3c4c(c(N)nc3cc2Cl)COC4)C2CC2)nc1. The smallest absolute Gasteiger partial charge is 0.255 e. The summed E-state index contributed by atoms with van der Waals surface area (Å²) in [5.41, 5.74) is 10.2. The van der Waals surface area contributed by atoms with E-state index in [9.17, 15) is 4.79 Å². The zero-order valence-corrected chi connectivity index (χ0v) is 16.8. The molecule has 1 saturated carbocycles. The van der Waals surface area contributed by atoms with E-state index in [0.717, 1.165) is 35.0 Å². The fraction of sp³-hybridized carbons (Fsp3) is 0.273. The highest BCUT2D eigenvalue weighted by atomic mass is 35.5. The van der Waals surface area contributed by atoms with E-state index < -0.39 is 0 Å². The number of benzene rings is 1. The monoisotopic (exact) mass is 419 g/mol. The van der Waals surface area contributed by atoms with E-state index in [1.165, 1.54) is 6.20 Å². The van der Waals surface area contributed by atoms with Crippen molar-refractivity contribution in [2.75, 3.05) is 5.73 Å². The molecule has 30 heavy (non-hydrogen) atoms. The highest BCUT2D eigenvalue weighted by Crippen LogP contribution is 2.36. The molecule has 0 bridgehead atoms. The predicted molar refractivity (Wildman–Crippen MR) is 112 cm³/mol.